The zero-order valence-corrected chi connectivity index (χ0v) is 10.4. The summed E-state index contributed by atoms with van der Waals surface area (Å²) in [5.74, 6) is 3.88. The quantitative estimate of drug-likeness (QED) is 0.606. The van der Waals surface area contributed by atoms with Gasteiger partial charge in [-0.15, -0.1) is 0 Å². The molecule has 19 heavy (non-hydrogen) atoms. The van der Waals surface area contributed by atoms with Crippen LogP contribution in [0.5, 0.6) is 0 Å². The topological polar surface area (TPSA) is 63.4 Å². The van der Waals surface area contributed by atoms with Gasteiger partial charge in [-0.1, -0.05) is 18.8 Å². The Bertz CT molecular complexity index is 601. The van der Waals surface area contributed by atoms with Crippen molar-refractivity contribution in [1.82, 2.24) is 0 Å². The Kier molecular flexibility index (Phi) is 3.63. The van der Waals surface area contributed by atoms with Gasteiger partial charge in [0.15, 0.2) is 0 Å². The first-order valence-electron chi connectivity index (χ1n) is 5.90. The number of benzene rings is 1. The maximum absolute atomic E-state index is 13.2. The number of anilines is 1. The molecule has 0 radical (unpaired) electrons. The predicted octanol–water partition coefficient (Wildman–Crippen LogP) is 1.04. The number of halogens is 1. The van der Waals surface area contributed by atoms with Crippen LogP contribution < -0.4 is 10.6 Å². The van der Waals surface area contributed by atoms with Gasteiger partial charge >= 0.3 is 0 Å². The molecule has 5 heteroatoms. The van der Waals surface area contributed by atoms with Crippen LogP contribution in [-0.4, -0.2) is 18.4 Å². The lowest BCUT2D eigenvalue weighted by Crippen LogP contribution is -2.30. The molecule has 2 N–H and O–H groups in total. The van der Waals surface area contributed by atoms with Crippen molar-refractivity contribution in [1.29, 1.82) is 0 Å². The third-order valence-corrected chi connectivity index (χ3v) is 2.90. The van der Waals surface area contributed by atoms with Gasteiger partial charge in [-0.05, 0) is 18.2 Å². The second kappa shape index (κ2) is 5.21. The van der Waals surface area contributed by atoms with Gasteiger partial charge in [0, 0.05) is 12.3 Å². The van der Waals surface area contributed by atoms with Gasteiger partial charge < -0.3 is 5.73 Å². The van der Waals surface area contributed by atoms with E-state index in [1.54, 1.807) is 6.92 Å². The predicted molar refractivity (Wildman–Crippen MR) is 68.6 cm³/mol. The molecule has 98 valence electrons. The fourth-order valence-corrected chi connectivity index (χ4v) is 1.99. The first kappa shape index (κ1) is 13.2. The molecule has 0 bridgehead atoms. The van der Waals surface area contributed by atoms with Crippen molar-refractivity contribution in [2.45, 2.75) is 13.3 Å². The molecule has 1 aromatic carbocycles. The second-order valence-electron chi connectivity index (χ2n) is 4.34. The molecule has 1 unspecified atom stereocenters. The van der Waals surface area contributed by atoms with Gasteiger partial charge in [0.05, 0.1) is 17.8 Å². The minimum Gasteiger partial charge on any atom is -0.320 e. The first-order chi connectivity index (χ1) is 9.04. The number of carbonyl (C=O) groups is 2. The van der Waals surface area contributed by atoms with Crippen LogP contribution in [0.4, 0.5) is 10.1 Å². The van der Waals surface area contributed by atoms with Crippen LogP contribution in [0.2, 0.25) is 0 Å². The van der Waals surface area contributed by atoms with Crippen molar-refractivity contribution in [3.05, 3.63) is 29.6 Å². The molecule has 1 aliphatic heterocycles. The molecule has 2 rings (SSSR count). The molecule has 1 aliphatic rings. The van der Waals surface area contributed by atoms with Crippen molar-refractivity contribution < 1.29 is 14.0 Å². The van der Waals surface area contributed by atoms with Gasteiger partial charge in [0.1, 0.15) is 5.82 Å². The zero-order chi connectivity index (χ0) is 14.0. The molecule has 0 spiro atoms. The van der Waals surface area contributed by atoms with Crippen molar-refractivity contribution >= 4 is 17.5 Å². The number of nitrogens with zero attached hydrogens (tertiary/aromatic N) is 1. The smallest absolute Gasteiger partial charge is 0.237 e. The van der Waals surface area contributed by atoms with E-state index >= 15 is 0 Å². The third-order valence-electron chi connectivity index (χ3n) is 2.90. The minimum absolute atomic E-state index is 0.119. The van der Waals surface area contributed by atoms with E-state index in [1.807, 2.05) is 0 Å². The average molecular weight is 260 g/mol. The highest BCUT2D eigenvalue weighted by Gasteiger charge is 2.37. The van der Waals surface area contributed by atoms with Crippen molar-refractivity contribution in [2.75, 3.05) is 11.4 Å². The molecule has 0 aromatic heterocycles. The Hall–Kier alpha value is -2.19. The Morgan fingerprint density at radius 2 is 2.21 bits per heavy atom. The van der Waals surface area contributed by atoms with E-state index in [1.165, 1.54) is 18.2 Å². The van der Waals surface area contributed by atoms with E-state index in [9.17, 15) is 14.0 Å². The number of hydrogen-bond acceptors (Lipinski definition) is 3. The van der Waals surface area contributed by atoms with Gasteiger partial charge in [-0.25, -0.2) is 9.29 Å². The van der Waals surface area contributed by atoms with E-state index in [2.05, 4.69) is 11.8 Å². The monoisotopic (exact) mass is 260 g/mol. The van der Waals surface area contributed by atoms with Gasteiger partial charge in [-0.2, -0.15) is 0 Å². The Morgan fingerprint density at radius 1 is 1.47 bits per heavy atom. The summed E-state index contributed by atoms with van der Waals surface area (Å²) >= 11 is 0. The van der Waals surface area contributed by atoms with Gasteiger partial charge in [-0.3, -0.25) is 9.59 Å². The number of hydrogen-bond donors (Lipinski definition) is 1. The number of amides is 2. The summed E-state index contributed by atoms with van der Waals surface area (Å²) in [6.45, 7) is 1.81. The molecular weight excluding hydrogens is 247 g/mol. The molecular formula is C14H13FN2O2. The summed E-state index contributed by atoms with van der Waals surface area (Å²) in [5, 5.41) is 0. The molecule has 0 saturated carbocycles. The summed E-state index contributed by atoms with van der Waals surface area (Å²) in [5.41, 5.74) is 5.89. The first-order valence-corrected chi connectivity index (χ1v) is 5.90. The molecule has 1 fully saturated rings. The highest BCUT2D eigenvalue weighted by molar-refractivity contribution is 6.21. The normalized spacial score (nSPS) is 18.5. The van der Waals surface area contributed by atoms with Gasteiger partial charge in [0.2, 0.25) is 11.8 Å². The summed E-state index contributed by atoms with van der Waals surface area (Å²) in [4.78, 5) is 24.9. The summed E-state index contributed by atoms with van der Waals surface area (Å²) < 4.78 is 13.2. The largest absolute Gasteiger partial charge is 0.320 e. The van der Waals surface area contributed by atoms with Crippen molar-refractivity contribution in [3.63, 3.8) is 0 Å². The van der Waals surface area contributed by atoms with E-state index in [0.29, 0.717) is 11.3 Å². The van der Waals surface area contributed by atoms with Crippen molar-refractivity contribution in [3.8, 4) is 11.8 Å². The fourth-order valence-electron chi connectivity index (χ4n) is 1.99. The van der Waals surface area contributed by atoms with E-state index in [-0.39, 0.29) is 30.7 Å². The number of carbonyl (C=O) groups excluding carboxylic acids is 2. The molecule has 4 nitrogen and oxygen atoms in total. The van der Waals surface area contributed by atoms with Crippen LogP contribution in [0.1, 0.15) is 18.9 Å². The fraction of sp³-hybridized carbons (Fsp3) is 0.286. The molecule has 1 heterocycles. The zero-order valence-electron chi connectivity index (χ0n) is 10.4. The summed E-state index contributed by atoms with van der Waals surface area (Å²) in [6, 6.07) is 3.79. The van der Waals surface area contributed by atoms with Crippen LogP contribution in [0.25, 0.3) is 0 Å². The molecule has 1 saturated heterocycles. The maximum Gasteiger partial charge on any atom is 0.237 e. The molecule has 2 amide bonds. The van der Waals surface area contributed by atoms with Crippen LogP contribution in [0, 0.1) is 23.6 Å². The Balaban J connectivity index is 2.50. The lowest BCUT2D eigenvalue weighted by Gasteiger charge is -2.16. The van der Waals surface area contributed by atoms with Crippen LogP contribution >= 0.6 is 0 Å². The maximum atomic E-state index is 13.2. The molecule has 1 aromatic rings. The average Bonchev–Trinajstić information content (AvgIpc) is 2.62. The summed E-state index contributed by atoms with van der Waals surface area (Å²) in [7, 11) is 0. The standard InChI is InChI=1S/C14H13FN2O2/c1-9-7-13(18)17(14(9)19)12-5-4-11(15)8-10(12)3-2-6-16/h4-5,8-9H,6-7,16H2,1H3. The van der Waals surface area contributed by atoms with Crippen LogP contribution in [-0.2, 0) is 9.59 Å². The lowest BCUT2D eigenvalue weighted by atomic mass is 10.1. The van der Waals surface area contributed by atoms with Crippen LogP contribution in [0.3, 0.4) is 0 Å². The number of nitrogens with two attached hydrogens (primary N) is 1. The molecule has 0 aliphatic carbocycles. The minimum atomic E-state index is -0.475. The highest BCUT2D eigenvalue weighted by atomic mass is 19.1. The number of rotatable bonds is 1. The Morgan fingerprint density at radius 3 is 2.79 bits per heavy atom. The van der Waals surface area contributed by atoms with E-state index in [4.69, 9.17) is 5.73 Å². The number of imide groups is 1. The Labute approximate surface area is 110 Å². The summed E-state index contributed by atoms with van der Waals surface area (Å²) in [6.07, 6.45) is 0.167. The van der Waals surface area contributed by atoms with Gasteiger partial charge in [0.25, 0.3) is 0 Å². The van der Waals surface area contributed by atoms with E-state index in [0.717, 1.165) is 4.90 Å². The molecule has 1 atom stereocenters. The second-order valence-corrected chi connectivity index (χ2v) is 4.34. The van der Waals surface area contributed by atoms with E-state index < -0.39 is 5.82 Å². The highest BCUT2D eigenvalue weighted by Crippen LogP contribution is 2.29. The lowest BCUT2D eigenvalue weighted by molar-refractivity contribution is -0.122. The SMILES string of the molecule is CC1CC(=O)N(c2ccc(F)cc2C#CCN)C1=O. The third kappa shape index (κ3) is 2.49. The van der Waals surface area contributed by atoms with Crippen molar-refractivity contribution in [2.24, 2.45) is 11.7 Å². The van der Waals surface area contributed by atoms with Crippen LogP contribution in [0.15, 0.2) is 18.2 Å².